The first-order valence-electron chi connectivity index (χ1n) is 10.8. The van der Waals surface area contributed by atoms with Crippen LogP contribution in [0.4, 0.5) is 0 Å². The highest BCUT2D eigenvalue weighted by atomic mass is 32.1. The van der Waals surface area contributed by atoms with Gasteiger partial charge in [-0.1, -0.05) is 30.3 Å². The number of nitrogens with zero attached hydrogens (tertiary/aromatic N) is 4. The van der Waals surface area contributed by atoms with Crippen LogP contribution in [0.2, 0.25) is 0 Å². The highest BCUT2D eigenvalue weighted by Crippen LogP contribution is 2.22. The number of H-pyrrole nitrogens is 1. The predicted octanol–water partition coefficient (Wildman–Crippen LogP) is 4.04. The van der Waals surface area contributed by atoms with Gasteiger partial charge in [-0.2, -0.15) is 5.10 Å². The van der Waals surface area contributed by atoms with E-state index in [1.807, 2.05) is 83.9 Å². The fourth-order valence-corrected chi connectivity index (χ4v) is 3.88. The third kappa shape index (κ3) is 5.20. The molecule has 0 spiro atoms. The molecule has 0 fully saturated rings. The molecule has 1 amide bonds. The van der Waals surface area contributed by atoms with E-state index in [1.165, 1.54) is 0 Å². The van der Waals surface area contributed by atoms with Crippen LogP contribution in [0.15, 0.2) is 67.0 Å². The van der Waals surface area contributed by atoms with E-state index in [9.17, 15) is 4.79 Å². The van der Waals surface area contributed by atoms with Gasteiger partial charge in [-0.25, -0.2) is 4.98 Å². The van der Waals surface area contributed by atoms with Gasteiger partial charge in [0.15, 0.2) is 10.6 Å². The van der Waals surface area contributed by atoms with Crippen molar-refractivity contribution in [3.05, 3.63) is 83.1 Å². The molecule has 0 radical (unpaired) electrons. The van der Waals surface area contributed by atoms with Gasteiger partial charge in [0, 0.05) is 38.0 Å². The quantitative estimate of drug-likeness (QED) is 0.367. The number of carbonyl (C=O) groups excluding carboxylic acids is 1. The van der Waals surface area contributed by atoms with Crippen molar-refractivity contribution in [2.24, 2.45) is 7.05 Å². The monoisotopic (exact) mass is 462 g/mol. The Kier molecular flexibility index (Phi) is 6.99. The Morgan fingerprint density at radius 2 is 1.94 bits per heavy atom. The maximum absolute atomic E-state index is 13.0. The number of hydrogen-bond acceptors (Lipinski definition) is 5. The molecule has 0 saturated carbocycles. The SMILES string of the molecule is CCOc1ccc(-c2n[nH]c(=S)n2CCC(=O)NC(c2ccccc2)c2nccn2C)cc1. The fourth-order valence-electron chi connectivity index (χ4n) is 3.66. The maximum Gasteiger partial charge on any atom is 0.222 e. The van der Waals surface area contributed by atoms with Gasteiger partial charge in [-0.3, -0.25) is 14.5 Å². The lowest BCUT2D eigenvalue weighted by Crippen LogP contribution is -2.31. The van der Waals surface area contributed by atoms with Crippen LogP contribution in [-0.4, -0.2) is 36.8 Å². The molecule has 0 aliphatic carbocycles. The molecular weight excluding hydrogens is 436 g/mol. The van der Waals surface area contributed by atoms with Crippen LogP contribution in [-0.2, 0) is 18.4 Å². The number of nitrogens with one attached hydrogen (secondary N) is 2. The Hall–Kier alpha value is -3.72. The van der Waals surface area contributed by atoms with Crippen LogP contribution < -0.4 is 10.1 Å². The summed E-state index contributed by atoms with van der Waals surface area (Å²) in [5.74, 6) is 2.14. The highest BCUT2D eigenvalue weighted by Gasteiger charge is 2.21. The van der Waals surface area contributed by atoms with Gasteiger partial charge in [-0.15, -0.1) is 0 Å². The Balaban J connectivity index is 1.49. The first-order chi connectivity index (χ1) is 16.1. The minimum atomic E-state index is -0.346. The molecule has 2 heterocycles. The van der Waals surface area contributed by atoms with E-state index in [2.05, 4.69) is 20.5 Å². The van der Waals surface area contributed by atoms with E-state index in [1.54, 1.807) is 6.20 Å². The minimum absolute atomic E-state index is 0.104. The summed E-state index contributed by atoms with van der Waals surface area (Å²) in [5.41, 5.74) is 1.86. The number of hydrogen-bond donors (Lipinski definition) is 2. The Morgan fingerprint density at radius 3 is 2.61 bits per heavy atom. The van der Waals surface area contributed by atoms with Crippen LogP contribution in [0.25, 0.3) is 11.4 Å². The van der Waals surface area contributed by atoms with Gasteiger partial charge in [-0.05, 0) is 49.0 Å². The Labute approximate surface area is 197 Å². The molecular formula is C24H26N6O2S. The summed E-state index contributed by atoms with van der Waals surface area (Å²) in [7, 11) is 1.92. The molecule has 9 heteroatoms. The molecule has 1 atom stereocenters. The normalized spacial score (nSPS) is 11.8. The summed E-state index contributed by atoms with van der Waals surface area (Å²) in [6, 6.07) is 17.1. The van der Waals surface area contributed by atoms with E-state index >= 15 is 0 Å². The lowest BCUT2D eigenvalue weighted by atomic mass is 10.1. The first-order valence-corrected chi connectivity index (χ1v) is 11.2. The molecule has 1 unspecified atom stereocenters. The van der Waals surface area contributed by atoms with Crippen LogP contribution in [0.5, 0.6) is 5.75 Å². The number of aromatic amines is 1. The van der Waals surface area contributed by atoms with E-state index in [0.29, 0.717) is 23.7 Å². The summed E-state index contributed by atoms with van der Waals surface area (Å²) in [6.07, 6.45) is 3.84. The molecule has 0 saturated heterocycles. The molecule has 0 aliphatic heterocycles. The summed E-state index contributed by atoms with van der Waals surface area (Å²) >= 11 is 5.41. The highest BCUT2D eigenvalue weighted by molar-refractivity contribution is 7.71. The average Bonchev–Trinajstić information content (AvgIpc) is 3.42. The number of rotatable bonds is 9. The van der Waals surface area contributed by atoms with Crippen molar-refractivity contribution in [1.29, 1.82) is 0 Å². The zero-order valence-corrected chi connectivity index (χ0v) is 19.4. The van der Waals surface area contributed by atoms with Gasteiger partial charge in [0.1, 0.15) is 17.6 Å². The van der Waals surface area contributed by atoms with Crippen LogP contribution in [0.3, 0.4) is 0 Å². The molecule has 2 N–H and O–H groups in total. The predicted molar refractivity (Wildman–Crippen MR) is 128 cm³/mol. The smallest absolute Gasteiger partial charge is 0.222 e. The topological polar surface area (TPSA) is 89.8 Å². The number of aryl methyl sites for hydroxylation is 1. The number of aromatic nitrogens is 5. The standard InChI is InChI=1S/C24H26N6O2S/c1-3-32-19-11-9-18(10-12-19)22-27-28-24(33)30(22)15-13-20(31)26-21(17-7-5-4-6-8-17)23-25-14-16-29(23)2/h4-12,14,16,21H,3,13,15H2,1-2H3,(H,26,31)(H,28,33). The van der Waals surface area contributed by atoms with Crippen LogP contribution in [0.1, 0.15) is 30.8 Å². The molecule has 0 aliphatic rings. The van der Waals surface area contributed by atoms with Gasteiger partial charge in [0.25, 0.3) is 0 Å². The van der Waals surface area contributed by atoms with E-state index in [4.69, 9.17) is 17.0 Å². The van der Waals surface area contributed by atoms with Crippen molar-refractivity contribution in [2.75, 3.05) is 6.61 Å². The fraction of sp³-hybridized carbons (Fsp3) is 0.250. The molecule has 0 bridgehead atoms. The molecule has 4 aromatic rings. The number of amides is 1. The summed E-state index contributed by atoms with van der Waals surface area (Å²) in [6.45, 7) is 2.95. The van der Waals surface area contributed by atoms with Crippen molar-refractivity contribution in [1.82, 2.24) is 29.6 Å². The second-order valence-electron chi connectivity index (χ2n) is 7.52. The van der Waals surface area contributed by atoms with Crippen molar-refractivity contribution < 1.29 is 9.53 Å². The van der Waals surface area contributed by atoms with Crippen molar-refractivity contribution in [3.8, 4) is 17.1 Å². The number of ether oxygens (including phenoxy) is 1. The molecule has 33 heavy (non-hydrogen) atoms. The van der Waals surface area contributed by atoms with Gasteiger partial charge in [0.2, 0.25) is 5.91 Å². The van der Waals surface area contributed by atoms with Gasteiger partial charge < -0.3 is 14.6 Å². The van der Waals surface area contributed by atoms with Crippen LogP contribution >= 0.6 is 12.2 Å². The third-order valence-electron chi connectivity index (χ3n) is 5.30. The van der Waals surface area contributed by atoms with E-state index < -0.39 is 0 Å². The molecule has 170 valence electrons. The van der Waals surface area contributed by atoms with Gasteiger partial charge in [0.05, 0.1) is 6.61 Å². The Bertz CT molecular complexity index is 1260. The molecule has 8 nitrogen and oxygen atoms in total. The van der Waals surface area contributed by atoms with E-state index in [0.717, 1.165) is 22.7 Å². The summed E-state index contributed by atoms with van der Waals surface area (Å²) < 4.78 is 9.72. The Morgan fingerprint density at radius 1 is 1.18 bits per heavy atom. The van der Waals surface area contributed by atoms with Gasteiger partial charge >= 0.3 is 0 Å². The number of imidazole rings is 1. The lowest BCUT2D eigenvalue weighted by Gasteiger charge is -2.19. The van der Waals surface area contributed by atoms with E-state index in [-0.39, 0.29) is 18.4 Å². The summed E-state index contributed by atoms with van der Waals surface area (Å²) in [4.78, 5) is 17.4. The van der Waals surface area contributed by atoms with Crippen LogP contribution in [0, 0.1) is 4.77 Å². The molecule has 2 aromatic carbocycles. The number of benzene rings is 2. The molecule has 2 aromatic heterocycles. The minimum Gasteiger partial charge on any atom is -0.494 e. The maximum atomic E-state index is 13.0. The van der Waals surface area contributed by atoms with Crippen molar-refractivity contribution in [2.45, 2.75) is 25.9 Å². The molecule has 4 rings (SSSR count). The number of carbonyl (C=O) groups is 1. The third-order valence-corrected chi connectivity index (χ3v) is 5.61. The average molecular weight is 463 g/mol. The second-order valence-corrected chi connectivity index (χ2v) is 7.91. The van der Waals surface area contributed by atoms with Crippen molar-refractivity contribution in [3.63, 3.8) is 0 Å². The zero-order chi connectivity index (χ0) is 23.2. The second kappa shape index (κ2) is 10.3. The van der Waals surface area contributed by atoms with Crippen molar-refractivity contribution >= 4 is 18.1 Å². The zero-order valence-electron chi connectivity index (χ0n) is 18.6. The first kappa shape index (κ1) is 22.5. The lowest BCUT2D eigenvalue weighted by molar-refractivity contribution is -0.121. The summed E-state index contributed by atoms with van der Waals surface area (Å²) in [5, 5.41) is 10.3. The largest absolute Gasteiger partial charge is 0.494 e.